The van der Waals surface area contributed by atoms with Gasteiger partial charge >= 0.3 is 0 Å². The number of nitrogens with zero attached hydrogens (tertiary/aromatic N) is 2. The Morgan fingerprint density at radius 2 is 1.43 bits per heavy atom. The number of carbonyl (C=O) groups excluding carboxylic acids is 2. The van der Waals surface area contributed by atoms with Crippen molar-refractivity contribution in [1.29, 1.82) is 0 Å². The molecule has 0 saturated heterocycles. The first-order valence-electron chi connectivity index (χ1n) is 13.1. The van der Waals surface area contributed by atoms with Crippen molar-refractivity contribution in [2.75, 3.05) is 0 Å². The van der Waals surface area contributed by atoms with Gasteiger partial charge in [0, 0.05) is 28.7 Å². The van der Waals surface area contributed by atoms with Crippen molar-refractivity contribution >= 4 is 33.9 Å². The minimum Gasteiger partial charge on any atom is -0.505 e. The number of aliphatic hydroxyl groups is 1. The topological polar surface area (TPSA) is 110 Å². The van der Waals surface area contributed by atoms with Crippen molar-refractivity contribution < 1.29 is 19.6 Å². The SMILES string of the molecule is CCCCCCCCCCCC1=C(O)c2nc3ccccc3c(-c3ccc([N+](=O)[O-])cc3)c2C(=O)C1=O. The van der Waals surface area contributed by atoms with Gasteiger partial charge in [-0.2, -0.15) is 0 Å². The molecular formula is C30H32N2O5. The fourth-order valence-corrected chi connectivity index (χ4v) is 5.00. The van der Waals surface area contributed by atoms with Crippen molar-refractivity contribution in [1.82, 2.24) is 4.98 Å². The molecule has 1 aromatic heterocycles. The number of nitro groups is 1. The van der Waals surface area contributed by atoms with E-state index in [1.807, 2.05) is 0 Å². The molecule has 0 saturated carbocycles. The zero-order valence-corrected chi connectivity index (χ0v) is 21.2. The summed E-state index contributed by atoms with van der Waals surface area (Å²) in [5.74, 6) is -1.65. The molecule has 192 valence electrons. The number of para-hydroxylation sites is 1. The number of fused-ring (bicyclic) bond motifs is 2. The standard InChI is InChI=1S/C30H32N2O5/c1-2-3-4-5-6-7-8-9-10-14-23-28(33)27-26(30(35)29(23)34)25(22-13-11-12-15-24(22)31-27)20-16-18-21(19-17-20)32(36)37/h11-13,15-19,33H,2-10,14H2,1H3. The summed E-state index contributed by atoms with van der Waals surface area (Å²) >= 11 is 0. The average molecular weight is 501 g/mol. The molecule has 0 unspecified atom stereocenters. The Morgan fingerprint density at radius 1 is 0.811 bits per heavy atom. The van der Waals surface area contributed by atoms with E-state index in [1.165, 1.54) is 44.2 Å². The number of unbranched alkanes of at least 4 members (excludes halogenated alkanes) is 8. The molecule has 7 heteroatoms. The van der Waals surface area contributed by atoms with Crippen molar-refractivity contribution in [3.05, 3.63) is 75.5 Å². The Hall–Kier alpha value is -3.87. The summed E-state index contributed by atoms with van der Waals surface area (Å²) in [7, 11) is 0. The van der Waals surface area contributed by atoms with Gasteiger partial charge in [0.05, 0.1) is 16.0 Å². The molecule has 1 aliphatic rings. The number of rotatable bonds is 12. The highest BCUT2D eigenvalue weighted by Gasteiger charge is 2.36. The number of ketones is 2. The van der Waals surface area contributed by atoms with Gasteiger partial charge in [-0.15, -0.1) is 0 Å². The Balaban J connectivity index is 1.63. The minimum absolute atomic E-state index is 0.0471. The number of non-ortho nitro benzene ring substituents is 1. The molecule has 0 fully saturated rings. The van der Waals surface area contributed by atoms with E-state index in [4.69, 9.17) is 0 Å². The second kappa shape index (κ2) is 11.9. The van der Waals surface area contributed by atoms with Crippen LogP contribution < -0.4 is 0 Å². The van der Waals surface area contributed by atoms with Crippen LogP contribution in [0.5, 0.6) is 0 Å². The van der Waals surface area contributed by atoms with Crippen LogP contribution in [0.3, 0.4) is 0 Å². The molecule has 37 heavy (non-hydrogen) atoms. The summed E-state index contributed by atoms with van der Waals surface area (Å²) in [5.41, 5.74) is 1.74. The fraction of sp³-hybridized carbons (Fsp3) is 0.367. The normalized spacial score (nSPS) is 13.3. The summed E-state index contributed by atoms with van der Waals surface area (Å²) in [6, 6.07) is 13.0. The predicted molar refractivity (Wildman–Crippen MR) is 145 cm³/mol. The summed E-state index contributed by atoms with van der Waals surface area (Å²) in [6.07, 6.45) is 10.4. The molecule has 4 rings (SSSR count). The first kappa shape index (κ1) is 26.2. The van der Waals surface area contributed by atoms with E-state index in [-0.39, 0.29) is 28.3 Å². The van der Waals surface area contributed by atoms with Gasteiger partial charge in [-0.05, 0) is 36.6 Å². The molecule has 0 amide bonds. The second-order valence-electron chi connectivity index (χ2n) is 9.60. The van der Waals surface area contributed by atoms with Crippen LogP contribution >= 0.6 is 0 Å². The molecule has 2 aromatic carbocycles. The lowest BCUT2D eigenvalue weighted by molar-refractivity contribution is -0.384. The number of carbonyl (C=O) groups is 2. The highest BCUT2D eigenvalue weighted by molar-refractivity contribution is 6.53. The first-order chi connectivity index (χ1) is 17.9. The van der Waals surface area contributed by atoms with Gasteiger partial charge in [0.25, 0.3) is 5.69 Å². The van der Waals surface area contributed by atoms with Gasteiger partial charge in [-0.25, -0.2) is 4.98 Å². The quantitative estimate of drug-likeness (QED) is 0.118. The summed E-state index contributed by atoms with van der Waals surface area (Å²) in [5, 5.41) is 22.9. The number of hydrogen-bond donors (Lipinski definition) is 1. The Bertz CT molecular complexity index is 1360. The third-order valence-corrected chi connectivity index (χ3v) is 7.01. The van der Waals surface area contributed by atoms with Crippen molar-refractivity contribution in [3.63, 3.8) is 0 Å². The monoisotopic (exact) mass is 500 g/mol. The highest BCUT2D eigenvalue weighted by Crippen LogP contribution is 2.40. The van der Waals surface area contributed by atoms with E-state index in [0.717, 1.165) is 19.3 Å². The molecule has 0 aliphatic heterocycles. The lowest BCUT2D eigenvalue weighted by Gasteiger charge is -2.21. The number of hydrogen-bond acceptors (Lipinski definition) is 6. The van der Waals surface area contributed by atoms with Gasteiger partial charge in [0.1, 0.15) is 11.5 Å². The van der Waals surface area contributed by atoms with Crippen LogP contribution in [0.1, 0.15) is 87.2 Å². The number of aromatic nitrogens is 1. The molecule has 0 radical (unpaired) electrons. The number of allylic oxidation sites excluding steroid dienone is 1. The number of benzene rings is 2. The summed E-state index contributed by atoms with van der Waals surface area (Å²) in [6.45, 7) is 2.20. The molecule has 7 nitrogen and oxygen atoms in total. The van der Waals surface area contributed by atoms with E-state index in [1.54, 1.807) is 36.4 Å². The van der Waals surface area contributed by atoms with Crippen LogP contribution in [0.2, 0.25) is 0 Å². The van der Waals surface area contributed by atoms with Gasteiger partial charge in [-0.3, -0.25) is 19.7 Å². The number of Topliss-reactive ketones (excluding diaryl/α,β-unsaturated/α-hetero) is 2. The largest absolute Gasteiger partial charge is 0.505 e. The highest BCUT2D eigenvalue weighted by atomic mass is 16.6. The van der Waals surface area contributed by atoms with Crippen LogP contribution in [-0.4, -0.2) is 26.6 Å². The van der Waals surface area contributed by atoms with Crippen LogP contribution in [0.25, 0.3) is 27.8 Å². The van der Waals surface area contributed by atoms with Crippen molar-refractivity contribution in [2.45, 2.75) is 71.1 Å². The third-order valence-electron chi connectivity index (χ3n) is 7.01. The predicted octanol–water partition coefficient (Wildman–Crippen LogP) is 7.77. The molecule has 0 spiro atoms. The molecule has 1 N–H and O–H groups in total. The first-order valence-corrected chi connectivity index (χ1v) is 13.1. The molecular weight excluding hydrogens is 468 g/mol. The smallest absolute Gasteiger partial charge is 0.269 e. The minimum atomic E-state index is -0.704. The van der Waals surface area contributed by atoms with Crippen LogP contribution in [-0.2, 0) is 4.79 Å². The summed E-state index contributed by atoms with van der Waals surface area (Å²) in [4.78, 5) is 41.7. The van der Waals surface area contributed by atoms with Crippen LogP contribution in [0.4, 0.5) is 5.69 Å². The number of nitro benzene ring substituents is 1. The molecule has 0 atom stereocenters. The zero-order valence-electron chi connectivity index (χ0n) is 21.2. The van der Waals surface area contributed by atoms with E-state index in [2.05, 4.69) is 11.9 Å². The number of aliphatic hydroxyl groups excluding tert-OH is 1. The zero-order chi connectivity index (χ0) is 26.4. The lowest BCUT2D eigenvalue weighted by atomic mass is 9.83. The fourth-order valence-electron chi connectivity index (χ4n) is 5.00. The Morgan fingerprint density at radius 3 is 2.08 bits per heavy atom. The lowest BCUT2D eigenvalue weighted by Crippen LogP contribution is -2.26. The maximum absolute atomic E-state index is 13.4. The summed E-state index contributed by atoms with van der Waals surface area (Å²) < 4.78 is 0. The third kappa shape index (κ3) is 5.61. The Kier molecular flexibility index (Phi) is 8.43. The van der Waals surface area contributed by atoms with E-state index in [9.17, 15) is 24.8 Å². The van der Waals surface area contributed by atoms with Crippen LogP contribution in [0.15, 0.2) is 54.1 Å². The average Bonchev–Trinajstić information content (AvgIpc) is 2.91. The molecule has 0 bridgehead atoms. The van der Waals surface area contributed by atoms with Gasteiger partial charge in [0.2, 0.25) is 11.6 Å². The Labute approximate surface area is 216 Å². The van der Waals surface area contributed by atoms with E-state index < -0.39 is 16.5 Å². The van der Waals surface area contributed by atoms with Crippen LogP contribution in [0, 0.1) is 10.1 Å². The van der Waals surface area contributed by atoms with Gasteiger partial charge < -0.3 is 5.11 Å². The van der Waals surface area contributed by atoms with Crippen molar-refractivity contribution in [3.8, 4) is 11.1 Å². The molecule has 1 heterocycles. The van der Waals surface area contributed by atoms with Crippen molar-refractivity contribution in [2.24, 2.45) is 0 Å². The number of pyridine rings is 1. The molecule has 3 aromatic rings. The maximum atomic E-state index is 13.4. The molecule has 1 aliphatic carbocycles. The van der Waals surface area contributed by atoms with Gasteiger partial charge in [-0.1, -0.05) is 76.5 Å². The maximum Gasteiger partial charge on any atom is 0.269 e. The van der Waals surface area contributed by atoms with Gasteiger partial charge in [0.15, 0.2) is 0 Å². The second-order valence-corrected chi connectivity index (χ2v) is 9.60. The van der Waals surface area contributed by atoms with E-state index in [0.29, 0.717) is 34.9 Å². The van der Waals surface area contributed by atoms with E-state index >= 15 is 0 Å².